The van der Waals surface area contributed by atoms with Crippen molar-refractivity contribution in [2.45, 2.75) is 11.8 Å². The van der Waals surface area contributed by atoms with Crippen LogP contribution in [0.3, 0.4) is 0 Å². The Bertz CT molecular complexity index is 1310. The summed E-state index contributed by atoms with van der Waals surface area (Å²) >= 11 is 0. The molecule has 0 unspecified atom stereocenters. The zero-order valence-electron chi connectivity index (χ0n) is 18.1. The lowest BCUT2D eigenvalue weighted by molar-refractivity contribution is 0.583. The molecule has 2 aromatic heterocycles. The van der Waals surface area contributed by atoms with Gasteiger partial charge in [0.05, 0.1) is 4.90 Å². The highest BCUT2D eigenvalue weighted by Crippen LogP contribution is 2.21. The highest BCUT2D eigenvalue weighted by atomic mass is 32.2. The first-order valence-corrected chi connectivity index (χ1v) is 11.9. The summed E-state index contributed by atoms with van der Waals surface area (Å²) in [6, 6.07) is 22.2. The topological polar surface area (TPSA) is 109 Å². The number of nitrogens with zero attached hydrogens (tertiary/aromatic N) is 3. The highest BCUT2D eigenvalue weighted by molar-refractivity contribution is 7.89. The number of benzene rings is 2. The molecule has 0 radical (unpaired) electrons. The molecule has 2 heterocycles. The molecule has 0 saturated heterocycles. The zero-order valence-corrected chi connectivity index (χ0v) is 18.9. The second-order valence-corrected chi connectivity index (χ2v) is 9.11. The normalized spacial score (nSPS) is 11.2. The average molecular weight is 461 g/mol. The van der Waals surface area contributed by atoms with E-state index in [1.54, 1.807) is 36.5 Å². The van der Waals surface area contributed by atoms with Crippen LogP contribution in [-0.2, 0) is 10.0 Å². The fraction of sp³-hybridized carbons (Fsp3) is 0.125. The Kier molecular flexibility index (Phi) is 6.92. The van der Waals surface area contributed by atoms with E-state index in [1.165, 1.54) is 6.33 Å². The van der Waals surface area contributed by atoms with Crippen molar-refractivity contribution in [3.63, 3.8) is 0 Å². The smallest absolute Gasteiger partial charge is 0.240 e. The predicted molar refractivity (Wildman–Crippen MR) is 130 cm³/mol. The van der Waals surface area contributed by atoms with Crippen LogP contribution < -0.4 is 15.4 Å². The Labute approximate surface area is 193 Å². The summed E-state index contributed by atoms with van der Waals surface area (Å²) in [5.74, 6) is 1.85. The van der Waals surface area contributed by atoms with E-state index in [-0.39, 0.29) is 11.4 Å². The van der Waals surface area contributed by atoms with Gasteiger partial charge in [0.15, 0.2) is 0 Å². The number of pyridine rings is 1. The Hall–Kier alpha value is -3.82. The lowest BCUT2D eigenvalue weighted by Crippen LogP contribution is -2.29. The van der Waals surface area contributed by atoms with Crippen LogP contribution in [0.25, 0.3) is 11.1 Å². The summed E-state index contributed by atoms with van der Waals surface area (Å²) in [5.41, 5.74) is 3.09. The van der Waals surface area contributed by atoms with Gasteiger partial charge in [0.1, 0.15) is 23.8 Å². The van der Waals surface area contributed by atoms with E-state index < -0.39 is 10.0 Å². The molecule has 4 aromatic rings. The van der Waals surface area contributed by atoms with Crippen molar-refractivity contribution < 1.29 is 8.42 Å². The summed E-state index contributed by atoms with van der Waals surface area (Å²) in [7, 11) is -3.61. The van der Waals surface area contributed by atoms with Gasteiger partial charge < -0.3 is 10.6 Å². The number of hydrogen-bond donors (Lipinski definition) is 3. The lowest BCUT2D eigenvalue weighted by Gasteiger charge is -2.10. The summed E-state index contributed by atoms with van der Waals surface area (Å²) in [4.78, 5) is 12.8. The van der Waals surface area contributed by atoms with Gasteiger partial charge in [-0.05, 0) is 47.9 Å². The van der Waals surface area contributed by atoms with Crippen molar-refractivity contribution in [2.24, 2.45) is 0 Å². The Morgan fingerprint density at radius 1 is 0.758 bits per heavy atom. The molecule has 0 amide bonds. The number of rotatable bonds is 9. The Morgan fingerprint density at radius 2 is 1.45 bits per heavy atom. The van der Waals surface area contributed by atoms with Gasteiger partial charge in [-0.25, -0.2) is 28.1 Å². The average Bonchev–Trinajstić information content (AvgIpc) is 2.83. The molecular weight excluding hydrogens is 436 g/mol. The van der Waals surface area contributed by atoms with E-state index in [0.717, 1.165) is 16.7 Å². The predicted octanol–water partition coefficient (Wildman–Crippen LogP) is 3.98. The zero-order chi connectivity index (χ0) is 23.1. The van der Waals surface area contributed by atoms with Crippen molar-refractivity contribution in [1.82, 2.24) is 19.7 Å². The summed E-state index contributed by atoms with van der Waals surface area (Å²) < 4.78 is 27.8. The number of anilines is 3. The van der Waals surface area contributed by atoms with Crippen molar-refractivity contribution in [2.75, 3.05) is 23.7 Å². The van der Waals surface area contributed by atoms with E-state index in [4.69, 9.17) is 0 Å². The van der Waals surface area contributed by atoms with Gasteiger partial charge in [0, 0.05) is 25.4 Å². The molecule has 0 aliphatic heterocycles. The standard InChI is InChI=1S/C24H24N6O2S/c1-18-11-12-25-23(15-18)30-24-16-22(27-17-28-24)26-13-14-29-33(31,32)21-9-7-20(8-10-21)19-5-3-2-4-6-19/h2-12,15-17,29H,13-14H2,1H3,(H2,25,26,27,28,30). The van der Waals surface area contributed by atoms with Gasteiger partial charge >= 0.3 is 0 Å². The van der Waals surface area contributed by atoms with E-state index in [2.05, 4.69) is 30.3 Å². The molecule has 0 saturated carbocycles. The Morgan fingerprint density at radius 3 is 2.21 bits per heavy atom. The lowest BCUT2D eigenvalue weighted by atomic mass is 10.1. The fourth-order valence-electron chi connectivity index (χ4n) is 3.17. The molecule has 9 heteroatoms. The summed E-state index contributed by atoms with van der Waals surface area (Å²) in [5, 5.41) is 6.22. The SMILES string of the molecule is Cc1ccnc(Nc2cc(NCCNS(=O)(=O)c3ccc(-c4ccccc4)cc3)ncn2)c1. The number of hydrogen-bond acceptors (Lipinski definition) is 7. The minimum absolute atomic E-state index is 0.203. The van der Waals surface area contributed by atoms with Crippen LogP contribution in [0.4, 0.5) is 17.5 Å². The van der Waals surface area contributed by atoms with Crippen LogP contribution in [0, 0.1) is 6.92 Å². The van der Waals surface area contributed by atoms with Crippen LogP contribution in [0.15, 0.2) is 90.2 Å². The number of aryl methyl sites for hydroxylation is 1. The fourth-order valence-corrected chi connectivity index (χ4v) is 4.21. The number of nitrogens with one attached hydrogen (secondary N) is 3. The van der Waals surface area contributed by atoms with Crippen LogP contribution in [0.5, 0.6) is 0 Å². The monoisotopic (exact) mass is 460 g/mol. The largest absolute Gasteiger partial charge is 0.369 e. The van der Waals surface area contributed by atoms with Crippen LogP contribution in [0.2, 0.25) is 0 Å². The molecular formula is C24H24N6O2S. The second-order valence-electron chi connectivity index (χ2n) is 7.35. The first kappa shape index (κ1) is 22.4. The number of aromatic nitrogens is 3. The number of sulfonamides is 1. The van der Waals surface area contributed by atoms with Gasteiger partial charge in [-0.15, -0.1) is 0 Å². The van der Waals surface area contributed by atoms with Crippen LogP contribution >= 0.6 is 0 Å². The highest BCUT2D eigenvalue weighted by Gasteiger charge is 2.13. The van der Waals surface area contributed by atoms with E-state index in [1.807, 2.05) is 49.4 Å². The first-order chi connectivity index (χ1) is 16.0. The molecule has 0 fully saturated rings. The van der Waals surface area contributed by atoms with Gasteiger partial charge in [0.25, 0.3) is 0 Å². The van der Waals surface area contributed by atoms with E-state index in [9.17, 15) is 8.42 Å². The molecule has 3 N–H and O–H groups in total. The van der Waals surface area contributed by atoms with Crippen molar-refractivity contribution in [3.8, 4) is 11.1 Å². The third-order valence-electron chi connectivity index (χ3n) is 4.83. The second kappa shape index (κ2) is 10.2. The molecule has 2 aromatic carbocycles. The van der Waals surface area contributed by atoms with E-state index >= 15 is 0 Å². The van der Waals surface area contributed by atoms with Crippen LogP contribution in [-0.4, -0.2) is 36.5 Å². The molecule has 0 atom stereocenters. The van der Waals surface area contributed by atoms with Gasteiger partial charge in [0.2, 0.25) is 10.0 Å². The Balaban J connectivity index is 1.30. The molecule has 168 valence electrons. The molecule has 4 rings (SSSR count). The van der Waals surface area contributed by atoms with Crippen molar-refractivity contribution in [3.05, 3.63) is 90.9 Å². The maximum atomic E-state index is 12.6. The molecule has 8 nitrogen and oxygen atoms in total. The molecule has 0 aliphatic rings. The maximum absolute atomic E-state index is 12.6. The van der Waals surface area contributed by atoms with Crippen molar-refractivity contribution in [1.29, 1.82) is 0 Å². The minimum atomic E-state index is -3.61. The third-order valence-corrected chi connectivity index (χ3v) is 6.31. The van der Waals surface area contributed by atoms with Crippen molar-refractivity contribution >= 4 is 27.5 Å². The maximum Gasteiger partial charge on any atom is 0.240 e. The molecule has 0 bridgehead atoms. The van der Waals surface area contributed by atoms with E-state index in [0.29, 0.717) is 24.0 Å². The minimum Gasteiger partial charge on any atom is -0.369 e. The summed E-state index contributed by atoms with van der Waals surface area (Å²) in [6.07, 6.45) is 3.15. The van der Waals surface area contributed by atoms with Gasteiger partial charge in [-0.2, -0.15) is 0 Å². The molecule has 0 aliphatic carbocycles. The summed E-state index contributed by atoms with van der Waals surface area (Å²) in [6.45, 7) is 2.55. The van der Waals surface area contributed by atoms with Gasteiger partial charge in [-0.1, -0.05) is 42.5 Å². The molecule has 33 heavy (non-hydrogen) atoms. The quantitative estimate of drug-likeness (QED) is 0.324. The third kappa shape index (κ3) is 6.12. The first-order valence-electron chi connectivity index (χ1n) is 10.4. The molecule has 0 spiro atoms. The van der Waals surface area contributed by atoms with Gasteiger partial charge in [-0.3, -0.25) is 0 Å². The van der Waals surface area contributed by atoms with Crippen LogP contribution in [0.1, 0.15) is 5.56 Å².